The molecule has 7 heteroatoms. The highest BCUT2D eigenvalue weighted by Gasteiger charge is 2.70. The number of piperidine rings is 1. The largest absolute Gasteiger partial charge is 0.467 e. The van der Waals surface area contributed by atoms with E-state index in [-0.39, 0.29) is 29.1 Å². The lowest BCUT2D eigenvalue weighted by Crippen LogP contribution is -2.57. The van der Waals surface area contributed by atoms with Crippen LogP contribution in [0.1, 0.15) is 66.7 Å². The van der Waals surface area contributed by atoms with Crippen molar-refractivity contribution in [2.75, 3.05) is 13.7 Å². The number of carbonyl (C=O) groups excluding carboxylic acids is 3. The third-order valence-corrected chi connectivity index (χ3v) is 6.99. The van der Waals surface area contributed by atoms with Gasteiger partial charge in [-0.15, -0.1) is 0 Å². The number of esters is 1. The summed E-state index contributed by atoms with van der Waals surface area (Å²) in [6.45, 7) is 10.2. The number of nitrogens with zero attached hydrogens (tertiary/aromatic N) is 1. The molecule has 2 amide bonds. The highest BCUT2D eigenvalue weighted by molar-refractivity contribution is 5.91. The summed E-state index contributed by atoms with van der Waals surface area (Å²) in [5.74, 6) is -0.0687. The van der Waals surface area contributed by atoms with Crippen molar-refractivity contribution in [1.82, 2.24) is 10.2 Å². The molecule has 164 valence electrons. The zero-order chi connectivity index (χ0) is 21.6. The molecule has 0 radical (unpaired) electrons. The molecule has 1 saturated heterocycles. The number of hydrogen-bond acceptors (Lipinski definition) is 5. The molecule has 1 N–H and O–H groups in total. The second-order valence-electron chi connectivity index (χ2n) is 10.4. The fraction of sp³-hybridized carbons (Fsp3) is 0.864. The van der Waals surface area contributed by atoms with Crippen LogP contribution in [-0.4, -0.2) is 54.2 Å². The van der Waals surface area contributed by atoms with E-state index in [4.69, 9.17) is 9.47 Å². The topological polar surface area (TPSA) is 84.9 Å². The lowest BCUT2D eigenvalue weighted by Gasteiger charge is -2.36. The van der Waals surface area contributed by atoms with Gasteiger partial charge in [0.25, 0.3) is 0 Å². The minimum absolute atomic E-state index is 0.0363. The van der Waals surface area contributed by atoms with Crippen LogP contribution >= 0.6 is 0 Å². The first-order chi connectivity index (χ1) is 13.5. The summed E-state index contributed by atoms with van der Waals surface area (Å²) in [5, 5.41) is 2.84. The number of amides is 2. The normalized spacial score (nSPS) is 29.6. The molecule has 2 aliphatic carbocycles. The smallest absolute Gasteiger partial charge is 0.408 e. The quantitative estimate of drug-likeness (QED) is 0.723. The number of nitrogens with one attached hydrogen (secondary N) is 1. The predicted octanol–water partition coefficient (Wildman–Crippen LogP) is 3.12. The molecule has 0 spiro atoms. The van der Waals surface area contributed by atoms with Crippen LogP contribution in [-0.2, 0) is 19.1 Å². The van der Waals surface area contributed by atoms with Gasteiger partial charge in [-0.3, -0.25) is 4.79 Å². The molecule has 3 rings (SSSR count). The maximum atomic E-state index is 13.6. The van der Waals surface area contributed by atoms with E-state index in [0.717, 1.165) is 32.1 Å². The molecule has 3 aliphatic rings. The Hall–Kier alpha value is -1.79. The van der Waals surface area contributed by atoms with E-state index in [2.05, 4.69) is 19.2 Å². The summed E-state index contributed by atoms with van der Waals surface area (Å²) in [4.78, 5) is 40.3. The fourth-order valence-electron chi connectivity index (χ4n) is 5.37. The van der Waals surface area contributed by atoms with Crippen LogP contribution in [0.15, 0.2) is 0 Å². The van der Waals surface area contributed by atoms with Crippen molar-refractivity contribution in [3.63, 3.8) is 0 Å². The van der Waals surface area contributed by atoms with Gasteiger partial charge in [0.2, 0.25) is 5.91 Å². The highest BCUT2D eigenvalue weighted by atomic mass is 16.6. The second kappa shape index (κ2) is 7.80. The molecule has 4 atom stereocenters. The van der Waals surface area contributed by atoms with Crippen LogP contribution in [0.25, 0.3) is 0 Å². The van der Waals surface area contributed by atoms with E-state index in [9.17, 15) is 14.4 Å². The molecule has 0 aromatic rings. The first-order valence-corrected chi connectivity index (χ1v) is 10.8. The van der Waals surface area contributed by atoms with E-state index in [0.29, 0.717) is 12.5 Å². The van der Waals surface area contributed by atoms with Crippen LogP contribution < -0.4 is 5.32 Å². The molecule has 0 aromatic carbocycles. The minimum atomic E-state index is -0.669. The summed E-state index contributed by atoms with van der Waals surface area (Å²) in [5.41, 5.74) is -0.605. The Morgan fingerprint density at radius 1 is 1.10 bits per heavy atom. The summed E-state index contributed by atoms with van der Waals surface area (Å²) in [6, 6.07) is -1.24. The highest BCUT2D eigenvalue weighted by Crippen LogP contribution is 2.65. The minimum Gasteiger partial charge on any atom is -0.467 e. The SMILES string of the molecule is COC(=O)[C@@H]1C2[C@H](CN1C(=O)[C@@H](NC(=O)OC(C)(C)C)C1CCCCC1)C2(C)C. The summed E-state index contributed by atoms with van der Waals surface area (Å²) < 4.78 is 10.5. The Morgan fingerprint density at radius 3 is 2.28 bits per heavy atom. The monoisotopic (exact) mass is 408 g/mol. The zero-order valence-electron chi connectivity index (χ0n) is 18.6. The van der Waals surface area contributed by atoms with Crippen molar-refractivity contribution >= 4 is 18.0 Å². The molecule has 1 unspecified atom stereocenters. The Morgan fingerprint density at radius 2 is 1.72 bits per heavy atom. The van der Waals surface area contributed by atoms with Crippen LogP contribution in [0.3, 0.4) is 0 Å². The van der Waals surface area contributed by atoms with E-state index in [1.807, 2.05) is 0 Å². The number of alkyl carbamates (subject to hydrolysis) is 1. The summed E-state index contributed by atoms with van der Waals surface area (Å²) >= 11 is 0. The van der Waals surface area contributed by atoms with Crippen LogP contribution in [0, 0.1) is 23.2 Å². The van der Waals surface area contributed by atoms with Crippen molar-refractivity contribution in [2.24, 2.45) is 23.2 Å². The summed E-state index contributed by atoms with van der Waals surface area (Å²) in [6.07, 6.45) is 4.44. The van der Waals surface area contributed by atoms with Gasteiger partial charge in [-0.1, -0.05) is 33.1 Å². The number of hydrogen-bond donors (Lipinski definition) is 1. The molecule has 0 aromatic heterocycles. The number of rotatable bonds is 4. The second-order valence-corrected chi connectivity index (χ2v) is 10.4. The third kappa shape index (κ3) is 4.38. The predicted molar refractivity (Wildman–Crippen MR) is 108 cm³/mol. The van der Waals surface area contributed by atoms with Crippen molar-refractivity contribution in [2.45, 2.75) is 84.4 Å². The molecule has 0 bridgehead atoms. The first-order valence-electron chi connectivity index (χ1n) is 10.8. The van der Waals surface area contributed by atoms with Crippen LogP contribution in [0.5, 0.6) is 0 Å². The van der Waals surface area contributed by atoms with Gasteiger partial charge in [0.05, 0.1) is 7.11 Å². The van der Waals surface area contributed by atoms with Gasteiger partial charge in [-0.2, -0.15) is 0 Å². The van der Waals surface area contributed by atoms with Gasteiger partial charge in [0.1, 0.15) is 17.7 Å². The number of likely N-dealkylation sites (tertiary alicyclic amines) is 1. The van der Waals surface area contributed by atoms with E-state index < -0.39 is 23.8 Å². The molecule has 29 heavy (non-hydrogen) atoms. The first kappa shape index (κ1) is 21.9. The standard InChI is InChI=1S/C22H36N2O5/c1-21(2,3)29-20(27)23-16(13-10-8-7-9-11-13)18(25)24-12-14-15(22(14,4)5)17(24)19(26)28-6/h13-17H,7-12H2,1-6H3,(H,23,27)/t14-,15?,16-,17-/m0/s1. The van der Waals surface area contributed by atoms with Gasteiger partial charge in [0.15, 0.2) is 0 Å². The fourth-order valence-corrected chi connectivity index (χ4v) is 5.37. The Kier molecular flexibility index (Phi) is 5.89. The van der Waals surface area contributed by atoms with E-state index >= 15 is 0 Å². The average molecular weight is 409 g/mol. The summed E-state index contributed by atoms with van der Waals surface area (Å²) in [7, 11) is 1.37. The van der Waals surface area contributed by atoms with Gasteiger partial charge in [0, 0.05) is 12.5 Å². The molecular weight excluding hydrogens is 372 g/mol. The van der Waals surface area contributed by atoms with E-state index in [1.54, 1.807) is 25.7 Å². The number of carbonyl (C=O) groups is 3. The van der Waals surface area contributed by atoms with Crippen LogP contribution in [0.2, 0.25) is 0 Å². The zero-order valence-corrected chi connectivity index (χ0v) is 18.6. The maximum absolute atomic E-state index is 13.6. The Labute approximate surface area is 173 Å². The molecule has 1 heterocycles. The van der Waals surface area contributed by atoms with Gasteiger partial charge >= 0.3 is 12.1 Å². The molecule has 7 nitrogen and oxygen atoms in total. The molecular formula is C22H36N2O5. The number of fused-ring (bicyclic) bond motifs is 1. The van der Waals surface area contributed by atoms with Crippen molar-refractivity contribution < 1.29 is 23.9 Å². The van der Waals surface area contributed by atoms with Gasteiger partial charge < -0.3 is 19.7 Å². The molecule has 1 aliphatic heterocycles. The third-order valence-electron chi connectivity index (χ3n) is 6.99. The average Bonchev–Trinajstić information content (AvgIpc) is 3.00. The van der Waals surface area contributed by atoms with Gasteiger partial charge in [-0.25, -0.2) is 9.59 Å². The van der Waals surface area contributed by atoms with E-state index in [1.165, 1.54) is 7.11 Å². The lowest BCUT2D eigenvalue weighted by atomic mass is 9.83. The van der Waals surface area contributed by atoms with Crippen LogP contribution in [0.4, 0.5) is 4.79 Å². The number of methoxy groups -OCH3 is 1. The Bertz CT molecular complexity index is 663. The van der Waals surface area contributed by atoms with Crippen molar-refractivity contribution in [1.29, 1.82) is 0 Å². The maximum Gasteiger partial charge on any atom is 0.408 e. The van der Waals surface area contributed by atoms with Crippen molar-refractivity contribution in [3.8, 4) is 0 Å². The molecule has 2 saturated carbocycles. The van der Waals surface area contributed by atoms with Crippen molar-refractivity contribution in [3.05, 3.63) is 0 Å². The lowest BCUT2D eigenvalue weighted by molar-refractivity contribution is -0.154. The number of ether oxygens (including phenoxy) is 2. The molecule has 3 fully saturated rings. The van der Waals surface area contributed by atoms with Gasteiger partial charge in [-0.05, 0) is 50.9 Å². The Balaban J connectivity index is 1.80.